The van der Waals surface area contributed by atoms with Crippen LogP contribution >= 0.6 is 0 Å². The van der Waals surface area contributed by atoms with Gasteiger partial charge >= 0.3 is 11.9 Å². The van der Waals surface area contributed by atoms with Crippen LogP contribution in [0, 0.1) is 45.8 Å². The summed E-state index contributed by atoms with van der Waals surface area (Å²) >= 11 is 0. The maximum atomic E-state index is 12.0. The van der Waals surface area contributed by atoms with Crippen molar-refractivity contribution in [3.63, 3.8) is 0 Å². The van der Waals surface area contributed by atoms with Crippen LogP contribution in [0.4, 0.5) is 0 Å². The Labute approximate surface area is 125 Å². The highest BCUT2D eigenvalue weighted by Crippen LogP contribution is 2.29. The quantitative estimate of drug-likeness (QED) is 0.666. The van der Waals surface area contributed by atoms with E-state index >= 15 is 0 Å². The van der Waals surface area contributed by atoms with E-state index in [9.17, 15) is 14.9 Å². The number of hydrogen-bond acceptors (Lipinski definition) is 6. The topological polar surface area (TPSA) is 100 Å². The zero-order chi connectivity index (χ0) is 16.6. The van der Waals surface area contributed by atoms with Crippen LogP contribution < -0.4 is 0 Å². The summed E-state index contributed by atoms with van der Waals surface area (Å²) in [4.78, 5) is 24.0. The van der Waals surface area contributed by atoms with Crippen LogP contribution in [-0.4, -0.2) is 25.2 Å². The predicted octanol–water partition coefficient (Wildman–Crippen LogP) is 2.05. The first-order valence-electron chi connectivity index (χ1n) is 6.83. The molecule has 0 saturated carbocycles. The zero-order valence-electron chi connectivity index (χ0n) is 13.2. The summed E-state index contributed by atoms with van der Waals surface area (Å²) in [5.41, 5.74) is -1.88. The molecule has 2 unspecified atom stereocenters. The summed E-state index contributed by atoms with van der Waals surface area (Å²) in [5.74, 6) is -3.09. The monoisotopic (exact) mass is 294 g/mol. The second-order valence-electron chi connectivity index (χ2n) is 5.89. The summed E-state index contributed by atoms with van der Waals surface area (Å²) in [7, 11) is 0. The van der Waals surface area contributed by atoms with Crippen LogP contribution in [-0.2, 0) is 19.1 Å². The van der Waals surface area contributed by atoms with E-state index in [1.165, 1.54) is 6.92 Å². The summed E-state index contributed by atoms with van der Waals surface area (Å²) in [5, 5.41) is 18.4. The Balaban J connectivity index is 5.09. The molecular weight excluding hydrogens is 272 g/mol. The Morgan fingerprint density at radius 1 is 1.05 bits per heavy atom. The van der Waals surface area contributed by atoms with Crippen LogP contribution in [0.25, 0.3) is 0 Å². The number of esters is 2. The minimum atomic E-state index is -1.88. The molecule has 0 rings (SSSR count). The average Bonchev–Trinajstić information content (AvgIpc) is 2.42. The standard InChI is InChI=1S/C15H22N2O4/c1-10(2)7-20-13(18)12(6-16)15(5,9-17)14(19)21-8-11(3)4/h10-12H,7-8H2,1-5H3. The second kappa shape index (κ2) is 8.26. The molecule has 0 saturated heterocycles. The van der Waals surface area contributed by atoms with Gasteiger partial charge in [0.15, 0.2) is 11.3 Å². The maximum absolute atomic E-state index is 12.0. The minimum Gasteiger partial charge on any atom is -0.464 e. The third-order valence-electron chi connectivity index (χ3n) is 2.71. The number of ether oxygens (including phenoxy) is 2. The molecule has 0 fully saturated rings. The molecule has 0 amide bonds. The highest BCUT2D eigenvalue weighted by Gasteiger charge is 2.49. The molecule has 0 radical (unpaired) electrons. The highest BCUT2D eigenvalue weighted by molar-refractivity contribution is 5.89. The van der Waals surface area contributed by atoms with Gasteiger partial charge in [-0.1, -0.05) is 27.7 Å². The Morgan fingerprint density at radius 2 is 1.52 bits per heavy atom. The molecule has 6 nitrogen and oxygen atoms in total. The normalized spacial score (nSPS) is 14.7. The van der Waals surface area contributed by atoms with Gasteiger partial charge in [-0.2, -0.15) is 10.5 Å². The van der Waals surface area contributed by atoms with Gasteiger partial charge in [0.1, 0.15) is 0 Å². The minimum absolute atomic E-state index is 0.0883. The number of carbonyl (C=O) groups is 2. The summed E-state index contributed by atoms with van der Waals surface area (Å²) in [6, 6.07) is 3.41. The van der Waals surface area contributed by atoms with E-state index in [0.717, 1.165) is 0 Å². The van der Waals surface area contributed by atoms with E-state index < -0.39 is 23.3 Å². The van der Waals surface area contributed by atoms with Gasteiger partial charge in [0.25, 0.3) is 0 Å². The first kappa shape index (κ1) is 18.9. The van der Waals surface area contributed by atoms with Crippen molar-refractivity contribution in [1.82, 2.24) is 0 Å². The Bertz CT molecular complexity index is 459. The summed E-state index contributed by atoms with van der Waals surface area (Å²) in [6.07, 6.45) is 0. The smallest absolute Gasteiger partial charge is 0.328 e. The molecule has 0 bridgehead atoms. The van der Waals surface area contributed by atoms with Crippen molar-refractivity contribution in [2.24, 2.45) is 23.2 Å². The molecule has 0 aromatic rings. The van der Waals surface area contributed by atoms with Gasteiger partial charge in [0.2, 0.25) is 0 Å². The number of carbonyl (C=O) groups excluding carboxylic acids is 2. The Hall–Kier alpha value is -2.08. The highest BCUT2D eigenvalue weighted by atomic mass is 16.5. The fourth-order valence-electron chi connectivity index (χ4n) is 1.37. The van der Waals surface area contributed by atoms with E-state index in [-0.39, 0.29) is 25.0 Å². The molecule has 0 aliphatic carbocycles. The van der Waals surface area contributed by atoms with E-state index in [4.69, 9.17) is 14.7 Å². The maximum Gasteiger partial charge on any atom is 0.328 e. The van der Waals surface area contributed by atoms with Crippen LogP contribution in [0.5, 0.6) is 0 Å². The molecule has 116 valence electrons. The SMILES string of the molecule is CC(C)COC(=O)C(C#N)C(C)(C#N)C(=O)OCC(C)C. The molecule has 0 heterocycles. The lowest BCUT2D eigenvalue weighted by molar-refractivity contribution is -0.163. The molecule has 0 aromatic carbocycles. The summed E-state index contributed by atoms with van der Waals surface area (Å²) < 4.78 is 9.96. The first-order chi connectivity index (χ1) is 9.68. The zero-order valence-corrected chi connectivity index (χ0v) is 13.2. The molecule has 0 N–H and O–H groups in total. The fourth-order valence-corrected chi connectivity index (χ4v) is 1.37. The molecule has 0 aliphatic rings. The van der Waals surface area contributed by atoms with Crippen molar-refractivity contribution in [3.05, 3.63) is 0 Å². The van der Waals surface area contributed by atoms with Crippen molar-refractivity contribution < 1.29 is 19.1 Å². The lowest BCUT2D eigenvalue weighted by Gasteiger charge is -2.24. The van der Waals surface area contributed by atoms with Crippen LogP contribution in [0.2, 0.25) is 0 Å². The van der Waals surface area contributed by atoms with Crippen molar-refractivity contribution in [2.75, 3.05) is 13.2 Å². The van der Waals surface area contributed by atoms with Gasteiger partial charge in [-0.15, -0.1) is 0 Å². The first-order valence-corrected chi connectivity index (χ1v) is 6.83. The number of nitrogens with zero attached hydrogens (tertiary/aromatic N) is 2. The van der Waals surface area contributed by atoms with Crippen LogP contribution in [0.15, 0.2) is 0 Å². The van der Waals surface area contributed by atoms with Crippen molar-refractivity contribution in [2.45, 2.75) is 34.6 Å². The van der Waals surface area contributed by atoms with Crippen molar-refractivity contribution in [1.29, 1.82) is 10.5 Å². The van der Waals surface area contributed by atoms with Gasteiger partial charge in [0, 0.05) is 0 Å². The largest absolute Gasteiger partial charge is 0.464 e. The molecule has 0 aliphatic heterocycles. The van der Waals surface area contributed by atoms with Crippen molar-refractivity contribution in [3.8, 4) is 12.1 Å². The Kier molecular flexibility index (Phi) is 7.44. The molecule has 6 heteroatoms. The van der Waals surface area contributed by atoms with Gasteiger partial charge in [-0.3, -0.25) is 9.59 Å². The lowest BCUT2D eigenvalue weighted by atomic mass is 9.79. The number of hydrogen-bond donors (Lipinski definition) is 0. The third-order valence-corrected chi connectivity index (χ3v) is 2.71. The number of rotatable bonds is 7. The molecule has 0 spiro atoms. The van der Waals surface area contributed by atoms with Gasteiger partial charge in [-0.25, -0.2) is 0 Å². The third kappa shape index (κ3) is 5.43. The second-order valence-corrected chi connectivity index (χ2v) is 5.89. The fraction of sp³-hybridized carbons (Fsp3) is 0.733. The van der Waals surface area contributed by atoms with E-state index in [0.29, 0.717) is 0 Å². The molecule has 2 atom stereocenters. The summed E-state index contributed by atoms with van der Waals surface area (Å²) in [6.45, 7) is 8.84. The molecular formula is C15H22N2O4. The lowest BCUT2D eigenvalue weighted by Crippen LogP contribution is -2.41. The molecule has 0 aromatic heterocycles. The van der Waals surface area contributed by atoms with E-state index in [2.05, 4.69) is 0 Å². The number of nitriles is 2. The van der Waals surface area contributed by atoms with E-state index in [1.807, 2.05) is 27.7 Å². The van der Waals surface area contributed by atoms with Crippen LogP contribution in [0.3, 0.4) is 0 Å². The average molecular weight is 294 g/mol. The van der Waals surface area contributed by atoms with Crippen LogP contribution in [0.1, 0.15) is 34.6 Å². The predicted molar refractivity (Wildman–Crippen MR) is 74.4 cm³/mol. The Morgan fingerprint density at radius 3 is 1.90 bits per heavy atom. The van der Waals surface area contributed by atoms with Gasteiger partial charge in [0.05, 0.1) is 25.4 Å². The molecule has 21 heavy (non-hydrogen) atoms. The van der Waals surface area contributed by atoms with Gasteiger partial charge in [-0.05, 0) is 18.8 Å². The van der Waals surface area contributed by atoms with Crippen molar-refractivity contribution >= 4 is 11.9 Å². The van der Waals surface area contributed by atoms with Gasteiger partial charge < -0.3 is 9.47 Å². The van der Waals surface area contributed by atoms with E-state index in [1.54, 1.807) is 12.1 Å².